The minimum atomic E-state index is -0.749. The quantitative estimate of drug-likeness (QED) is 0.848. The number of esters is 1. The van der Waals surface area contributed by atoms with E-state index in [1.807, 2.05) is 0 Å². The van der Waals surface area contributed by atoms with Gasteiger partial charge in [-0.1, -0.05) is 23.2 Å². The standard InChI is InChI=1S/C8H7Cl2NO4S/c1-14-7(12)5-4(11-8(13)15-2)3(9)6(10)16-5/h1-2H3,(H,11,13). The molecule has 1 aromatic heterocycles. The molecule has 8 heteroatoms. The topological polar surface area (TPSA) is 64.6 Å². The number of anilines is 1. The summed E-state index contributed by atoms with van der Waals surface area (Å²) in [5, 5.41) is 2.38. The molecule has 0 radical (unpaired) electrons. The van der Waals surface area contributed by atoms with Gasteiger partial charge in [-0.3, -0.25) is 5.32 Å². The number of halogens is 2. The zero-order valence-corrected chi connectivity index (χ0v) is 10.6. The molecule has 16 heavy (non-hydrogen) atoms. The summed E-state index contributed by atoms with van der Waals surface area (Å²) in [5.74, 6) is -0.634. The van der Waals surface area contributed by atoms with Gasteiger partial charge < -0.3 is 9.47 Å². The number of carbonyl (C=O) groups is 2. The van der Waals surface area contributed by atoms with Crippen molar-refractivity contribution in [1.29, 1.82) is 0 Å². The molecule has 1 amide bonds. The fourth-order valence-corrected chi connectivity index (χ4v) is 2.32. The van der Waals surface area contributed by atoms with Crippen LogP contribution in [0, 0.1) is 0 Å². The lowest BCUT2D eigenvalue weighted by Gasteiger charge is -2.04. The van der Waals surface area contributed by atoms with Gasteiger partial charge in [0.2, 0.25) is 0 Å². The van der Waals surface area contributed by atoms with E-state index in [9.17, 15) is 9.59 Å². The maximum Gasteiger partial charge on any atom is 0.411 e. The number of rotatable bonds is 2. The largest absolute Gasteiger partial charge is 0.465 e. The maximum absolute atomic E-state index is 11.3. The van der Waals surface area contributed by atoms with E-state index in [-0.39, 0.29) is 19.9 Å². The van der Waals surface area contributed by atoms with Crippen molar-refractivity contribution in [1.82, 2.24) is 0 Å². The summed E-state index contributed by atoms with van der Waals surface area (Å²) in [6.07, 6.45) is -0.749. The second-order valence-electron chi connectivity index (χ2n) is 2.50. The minimum absolute atomic E-state index is 0.0810. The lowest BCUT2D eigenvalue weighted by molar-refractivity contribution is 0.0607. The fraction of sp³-hybridized carbons (Fsp3) is 0.250. The molecule has 1 rings (SSSR count). The van der Waals surface area contributed by atoms with Crippen molar-refractivity contribution in [3.8, 4) is 0 Å². The van der Waals surface area contributed by atoms with Gasteiger partial charge in [-0.2, -0.15) is 0 Å². The smallest absolute Gasteiger partial charge is 0.411 e. The predicted octanol–water partition coefficient (Wildman–Crippen LogP) is 3.02. The van der Waals surface area contributed by atoms with Crippen molar-refractivity contribution in [3.63, 3.8) is 0 Å². The van der Waals surface area contributed by atoms with Crippen molar-refractivity contribution >= 4 is 52.3 Å². The summed E-state index contributed by atoms with van der Waals surface area (Å²) in [7, 11) is 2.40. The predicted molar refractivity (Wildman–Crippen MR) is 61.7 cm³/mol. The number of thiophene rings is 1. The Morgan fingerprint density at radius 1 is 1.25 bits per heavy atom. The average Bonchev–Trinajstić information content (AvgIpc) is 2.56. The highest BCUT2D eigenvalue weighted by Crippen LogP contribution is 2.41. The molecular formula is C8H7Cl2NO4S. The van der Waals surface area contributed by atoms with Gasteiger partial charge in [-0.15, -0.1) is 11.3 Å². The molecule has 88 valence electrons. The number of ether oxygens (including phenoxy) is 2. The van der Waals surface area contributed by atoms with Gasteiger partial charge in [0.15, 0.2) is 0 Å². The Hall–Kier alpha value is -0.980. The highest BCUT2D eigenvalue weighted by Gasteiger charge is 2.23. The van der Waals surface area contributed by atoms with Gasteiger partial charge in [-0.25, -0.2) is 9.59 Å². The second-order valence-corrected chi connectivity index (χ2v) is 4.50. The van der Waals surface area contributed by atoms with Gasteiger partial charge in [0, 0.05) is 0 Å². The molecule has 1 heterocycles. The lowest BCUT2D eigenvalue weighted by atomic mass is 10.4. The third-order valence-corrected chi connectivity index (χ3v) is 3.56. The van der Waals surface area contributed by atoms with E-state index < -0.39 is 12.1 Å². The number of carbonyl (C=O) groups excluding carboxylic acids is 2. The van der Waals surface area contributed by atoms with Crippen LogP contribution in [0.3, 0.4) is 0 Å². The Kier molecular flexibility index (Phi) is 4.40. The number of amides is 1. The third kappa shape index (κ3) is 2.58. The monoisotopic (exact) mass is 283 g/mol. The van der Waals surface area contributed by atoms with Crippen molar-refractivity contribution in [2.24, 2.45) is 0 Å². The van der Waals surface area contributed by atoms with E-state index in [1.54, 1.807) is 0 Å². The number of hydrogen-bond donors (Lipinski definition) is 1. The molecule has 0 spiro atoms. The third-order valence-electron chi connectivity index (χ3n) is 1.59. The Bertz CT molecular complexity index is 432. The van der Waals surface area contributed by atoms with Gasteiger partial charge in [0.05, 0.1) is 24.9 Å². The van der Waals surface area contributed by atoms with E-state index in [2.05, 4.69) is 14.8 Å². The van der Waals surface area contributed by atoms with Gasteiger partial charge >= 0.3 is 12.1 Å². The van der Waals surface area contributed by atoms with Crippen molar-refractivity contribution in [2.75, 3.05) is 19.5 Å². The zero-order valence-electron chi connectivity index (χ0n) is 8.30. The van der Waals surface area contributed by atoms with Gasteiger partial charge in [0.1, 0.15) is 9.21 Å². The van der Waals surface area contributed by atoms with E-state index in [1.165, 1.54) is 14.2 Å². The van der Waals surface area contributed by atoms with Crippen LogP contribution in [0.1, 0.15) is 9.67 Å². The first-order valence-corrected chi connectivity index (χ1v) is 5.49. The highest BCUT2D eigenvalue weighted by molar-refractivity contribution is 7.19. The highest BCUT2D eigenvalue weighted by atomic mass is 35.5. The average molecular weight is 284 g/mol. The molecule has 5 nitrogen and oxygen atoms in total. The summed E-state index contributed by atoms with van der Waals surface area (Å²) in [6.45, 7) is 0. The Morgan fingerprint density at radius 3 is 2.38 bits per heavy atom. The summed E-state index contributed by atoms with van der Waals surface area (Å²) < 4.78 is 9.10. The molecule has 0 aliphatic rings. The summed E-state index contributed by atoms with van der Waals surface area (Å²) in [4.78, 5) is 22.5. The molecule has 1 N–H and O–H groups in total. The van der Waals surface area contributed by atoms with Gasteiger partial charge in [-0.05, 0) is 0 Å². The van der Waals surface area contributed by atoms with Crippen LogP contribution in [0.5, 0.6) is 0 Å². The lowest BCUT2D eigenvalue weighted by Crippen LogP contribution is -2.13. The Balaban J connectivity index is 3.13. The molecule has 0 aromatic carbocycles. The van der Waals surface area contributed by atoms with Crippen LogP contribution in [0.15, 0.2) is 0 Å². The van der Waals surface area contributed by atoms with Crippen LogP contribution in [-0.4, -0.2) is 26.3 Å². The summed E-state index contributed by atoms with van der Waals surface area (Å²) in [6, 6.07) is 0. The van der Waals surface area contributed by atoms with Crippen LogP contribution in [0.4, 0.5) is 10.5 Å². The minimum Gasteiger partial charge on any atom is -0.465 e. The number of hydrogen-bond acceptors (Lipinski definition) is 5. The second kappa shape index (κ2) is 5.38. The molecule has 0 aliphatic heterocycles. The zero-order chi connectivity index (χ0) is 12.3. The first-order chi connectivity index (χ1) is 7.51. The van der Waals surface area contributed by atoms with E-state index in [0.717, 1.165) is 11.3 Å². The molecule has 0 saturated heterocycles. The Morgan fingerprint density at radius 2 is 1.88 bits per heavy atom. The fourth-order valence-electron chi connectivity index (χ4n) is 0.885. The number of nitrogens with one attached hydrogen (secondary N) is 1. The number of methoxy groups -OCH3 is 2. The normalized spacial score (nSPS) is 9.75. The summed E-state index contributed by atoms with van der Waals surface area (Å²) in [5.41, 5.74) is 0.0929. The molecule has 1 aromatic rings. The van der Waals surface area contributed by atoms with E-state index in [4.69, 9.17) is 23.2 Å². The van der Waals surface area contributed by atoms with Crippen LogP contribution in [0.25, 0.3) is 0 Å². The SMILES string of the molecule is COC(=O)Nc1c(C(=O)OC)sc(Cl)c1Cl. The summed E-state index contributed by atoms with van der Waals surface area (Å²) >= 11 is 12.5. The van der Waals surface area contributed by atoms with Gasteiger partial charge in [0.25, 0.3) is 0 Å². The first kappa shape index (κ1) is 13.1. The first-order valence-electron chi connectivity index (χ1n) is 3.92. The van der Waals surface area contributed by atoms with E-state index in [0.29, 0.717) is 0 Å². The van der Waals surface area contributed by atoms with Crippen LogP contribution >= 0.6 is 34.5 Å². The molecule has 0 unspecified atom stereocenters. The molecule has 0 aliphatic carbocycles. The van der Waals surface area contributed by atoms with Crippen molar-refractivity contribution in [3.05, 3.63) is 14.2 Å². The molecule has 0 fully saturated rings. The maximum atomic E-state index is 11.3. The molecule has 0 bridgehead atoms. The Labute approximate surface area is 105 Å². The molecule has 0 saturated carbocycles. The van der Waals surface area contributed by atoms with E-state index >= 15 is 0 Å². The van der Waals surface area contributed by atoms with Crippen LogP contribution in [0.2, 0.25) is 9.36 Å². The van der Waals surface area contributed by atoms with Crippen molar-refractivity contribution in [2.45, 2.75) is 0 Å². The molecule has 0 atom stereocenters. The van der Waals surface area contributed by atoms with Crippen LogP contribution in [-0.2, 0) is 9.47 Å². The molecular weight excluding hydrogens is 277 g/mol. The van der Waals surface area contributed by atoms with Crippen LogP contribution < -0.4 is 5.32 Å². The van der Waals surface area contributed by atoms with Crippen molar-refractivity contribution < 1.29 is 19.1 Å².